The van der Waals surface area contributed by atoms with Crippen molar-refractivity contribution in [2.24, 2.45) is 0 Å². The summed E-state index contributed by atoms with van der Waals surface area (Å²) in [7, 11) is -4.10. The molecule has 0 radical (unpaired) electrons. The van der Waals surface area contributed by atoms with Gasteiger partial charge < -0.3 is 14.8 Å². The van der Waals surface area contributed by atoms with Gasteiger partial charge in [-0.3, -0.25) is 4.79 Å². The first-order valence-electron chi connectivity index (χ1n) is 9.39. The van der Waals surface area contributed by atoms with Crippen molar-refractivity contribution in [3.63, 3.8) is 0 Å². The smallest absolute Gasteiger partial charge is 0.244 e. The molecule has 3 N–H and O–H groups in total. The zero-order valence-electron chi connectivity index (χ0n) is 16.4. The molecule has 0 bridgehead atoms. The molecule has 0 aliphatic carbocycles. The number of halogens is 1. The summed E-state index contributed by atoms with van der Waals surface area (Å²) in [6.45, 7) is 1.67. The van der Waals surface area contributed by atoms with Crippen LogP contribution in [0, 0.1) is 12.7 Å². The molecule has 0 saturated heterocycles. The Morgan fingerprint density at radius 2 is 1.94 bits per heavy atom. The van der Waals surface area contributed by atoms with Crippen LogP contribution < -0.4 is 10.0 Å². The predicted octanol–water partition coefficient (Wildman–Crippen LogP) is 3.13. The normalized spacial score (nSPS) is 12.7. The Morgan fingerprint density at radius 3 is 2.65 bits per heavy atom. The Hall–Kier alpha value is -3.50. The van der Waals surface area contributed by atoms with Gasteiger partial charge in [-0.25, -0.2) is 12.8 Å². The average Bonchev–Trinajstić information content (AvgIpc) is 3.33. The van der Waals surface area contributed by atoms with E-state index in [2.05, 4.69) is 20.2 Å². The first kappa shape index (κ1) is 20.8. The van der Waals surface area contributed by atoms with Crippen molar-refractivity contribution in [3.05, 3.63) is 77.9 Å². The molecule has 10 heteroatoms. The first-order chi connectivity index (χ1) is 14.8. The Bertz CT molecular complexity index is 1330. The van der Waals surface area contributed by atoms with E-state index in [9.17, 15) is 17.6 Å². The quantitative estimate of drug-likeness (QED) is 0.407. The zero-order valence-corrected chi connectivity index (χ0v) is 17.2. The number of aromatic nitrogens is 2. The van der Waals surface area contributed by atoms with Crippen molar-refractivity contribution in [3.8, 4) is 0 Å². The molecule has 1 amide bonds. The van der Waals surface area contributed by atoms with Crippen LogP contribution in [0.2, 0.25) is 0 Å². The highest BCUT2D eigenvalue weighted by molar-refractivity contribution is 7.89. The lowest BCUT2D eigenvalue weighted by Crippen LogP contribution is -2.45. The number of nitrogens with zero attached hydrogens (tertiary/aromatic N) is 1. The van der Waals surface area contributed by atoms with Gasteiger partial charge in [-0.05, 0) is 49.2 Å². The Balaban J connectivity index is 1.64. The summed E-state index contributed by atoms with van der Waals surface area (Å²) in [6, 6.07) is 12.2. The number of H-pyrrole nitrogens is 1. The number of aromatic amines is 1. The van der Waals surface area contributed by atoms with Crippen LogP contribution in [-0.4, -0.2) is 30.5 Å². The summed E-state index contributed by atoms with van der Waals surface area (Å²) in [6.07, 6.45) is 1.81. The number of rotatable bonds is 7. The van der Waals surface area contributed by atoms with Gasteiger partial charge in [0.25, 0.3) is 0 Å². The number of fused-ring (bicyclic) bond motifs is 1. The van der Waals surface area contributed by atoms with Crippen LogP contribution in [0.25, 0.3) is 10.9 Å². The van der Waals surface area contributed by atoms with E-state index >= 15 is 0 Å². The first-order valence-corrected chi connectivity index (χ1v) is 10.9. The third-order valence-corrected chi connectivity index (χ3v) is 6.20. The molecule has 0 aliphatic heterocycles. The van der Waals surface area contributed by atoms with E-state index in [1.165, 1.54) is 6.07 Å². The van der Waals surface area contributed by atoms with E-state index in [-0.39, 0.29) is 17.1 Å². The number of hydrogen-bond donors (Lipinski definition) is 3. The second-order valence-electron chi connectivity index (χ2n) is 7.00. The van der Waals surface area contributed by atoms with Gasteiger partial charge in [0.1, 0.15) is 17.6 Å². The number of nitrogens with one attached hydrogen (secondary N) is 3. The maximum absolute atomic E-state index is 13.2. The minimum Gasteiger partial charge on any atom is -0.361 e. The topological polar surface area (TPSA) is 117 Å². The molecule has 31 heavy (non-hydrogen) atoms. The van der Waals surface area contributed by atoms with E-state index < -0.39 is 27.8 Å². The summed E-state index contributed by atoms with van der Waals surface area (Å²) in [5, 5.41) is 7.16. The molecule has 0 spiro atoms. The number of carbonyl (C=O) groups excluding carboxylic acids is 1. The molecule has 0 fully saturated rings. The van der Waals surface area contributed by atoms with Crippen LogP contribution >= 0.6 is 0 Å². The number of hydrogen-bond acceptors (Lipinski definition) is 5. The molecular weight excluding hydrogens is 423 g/mol. The number of aryl methyl sites for hydroxylation is 1. The van der Waals surface area contributed by atoms with E-state index in [1.54, 1.807) is 13.1 Å². The molecule has 160 valence electrons. The molecule has 0 aliphatic rings. The van der Waals surface area contributed by atoms with Crippen LogP contribution in [-0.2, 0) is 21.2 Å². The number of carbonyl (C=O) groups is 1. The number of benzene rings is 2. The van der Waals surface area contributed by atoms with Crippen molar-refractivity contribution in [1.29, 1.82) is 0 Å². The molecule has 8 nitrogen and oxygen atoms in total. The maximum Gasteiger partial charge on any atom is 0.244 e. The number of amides is 1. The molecule has 4 aromatic rings. The van der Waals surface area contributed by atoms with Crippen molar-refractivity contribution in [2.45, 2.75) is 24.3 Å². The van der Waals surface area contributed by atoms with E-state index in [1.807, 2.05) is 24.3 Å². The molecule has 2 aromatic carbocycles. The second kappa shape index (κ2) is 8.32. The molecule has 0 unspecified atom stereocenters. The Morgan fingerprint density at radius 1 is 1.19 bits per heavy atom. The fraction of sp³-hybridized carbons (Fsp3) is 0.143. The molecule has 0 saturated carbocycles. The van der Waals surface area contributed by atoms with Crippen molar-refractivity contribution in [2.75, 3.05) is 5.32 Å². The lowest BCUT2D eigenvalue weighted by atomic mass is 10.1. The summed E-state index contributed by atoms with van der Waals surface area (Å²) in [5.41, 5.74) is 1.62. The third-order valence-electron chi connectivity index (χ3n) is 4.72. The van der Waals surface area contributed by atoms with Gasteiger partial charge in [-0.2, -0.15) is 4.72 Å². The van der Waals surface area contributed by atoms with E-state index in [0.29, 0.717) is 5.76 Å². The number of anilines is 1. The van der Waals surface area contributed by atoms with E-state index in [4.69, 9.17) is 4.52 Å². The minimum atomic E-state index is -4.10. The largest absolute Gasteiger partial charge is 0.361 e. The monoisotopic (exact) mass is 442 g/mol. The van der Waals surface area contributed by atoms with Gasteiger partial charge in [0.2, 0.25) is 15.9 Å². The van der Waals surface area contributed by atoms with Crippen LogP contribution in [0.5, 0.6) is 0 Å². The second-order valence-corrected chi connectivity index (χ2v) is 8.72. The lowest BCUT2D eigenvalue weighted by Gasteiger charge is -2.18. The van der Waals surface area contributed by atoms with Gasteiger partial charge in [-0.15, -0.1) is 0 Å². The van der Waals surface area contributed by atoms with Gasteiger partial charge in [0, 0.05) is 23.2 Å². The Kier molecular flexibility index (Phi) is 5.57. The summed E-state index contributed by atoms with van der Waals surface area (Å²) < 4.78 is 46.3. The van der Waals surface area contributed by atoms with Gasteiger partial charge in [-0.1, -0.05) is 23.4 Å². The Labute approximate surface area is 177 Å². The minimum absolute atomic E-state index is 0.0765. The summed E-state index contributed by atoms with van der Waals surface area (Å²) >= 11 is 0. The standard InChI is InChI=1S/C21H19FN4O4S/c1-13-10-20(25-30-13)24-21(27)19(11-14-12-23-18-5-3-2-4-17(14)18)26-31(28,29)16-8-6-15(22)7-9-16/h2-10,12,19,23,26H,11H2,1H3,(H,24,25,27)/t19-/m0/s1. The highest BCUT2D eigenvalue weighted by Crippen LogP contribution is 2.21. The highest BCUT2D eigenvalue weighted by atomic mass is 32.2. The molecule has 2 heterocycles. The fourth-order valence-corrected chi connectivity index (χ4v) is 4.41. The van der Waals surface area contributed by atoms with Crippen molar-refractivity contribution < 1.29 is 22.1 Å². The van der Waals surface area contributed by atoms with Crippen LogP contribution in [0.4, 0.5) is 10.2 Å². The predicted molar refractivity (Wildman–Crippen MR) is 112 cm³/mol. The average molecular weight is 442 g/mol. The molecule has 1 atom stereocenters. The highest BCUT2D eigenvalue weighted by Gasteiger charge is 2.27. The maximum atomic E-state index is 13.2. The van der Waals surface area contributed by atoms with Crippen LogP contribution in [0.3, 0.4) is 0 Å². The van der Waals surface area contributed by atoms with E-state index in [0.717, 1.165) is 40.7 Å². The lowest BCUT2D eigenvalue weighted by molar-refractivity contribution is -0.117. The van der Waals surface area contributed by atoms with Gasteiger partial charge >= 0.3 is 0 Å². The number of para-hydroxylation sites is 1. The van der Waals surface area contributed by atoms with Gasteiger partial charge in [0.15, 0.2) is 5.82 Å². The van der Waals surface area contributed by atoms with Gasteiger partial charge in [0.05, 0.1) is 4.90 Å². The van der Waals surface area contributed by atoms with Crippen LogP contribution in [0.1, 0.15) is 11.3 Å². The van der Waals surface area contributed by atoms with Crippen molar-refractivity contribution >= 4 is 32.7 Å². The fourth-order valence-electron chi connectivity index (χ4n) is 3.22. The molecular formula is C21H19FN4O4S. The van der Waals surface area contributed by atoms with Crippen LogP contribution in [0.15, 0.2) is 70.2 Å². The van der Waals surface area contributed by atoms with Crippen molar-refractivity contribution in [1.82, 2.24) is 14.9 Å². The zero-order chi connectivity index (χ0) is 22.0. The molecule has 4 rings (SSSR count). The number of sulfonamides is 1. The summed E-state index contributed by atoms with van der Waals surface area (Å²) in [4.78, 5) is 15.9. The third kappa shape index (κ3) is 4.65. The molecule has 2 aromatic heterocycles. The SMILES string of the molecule is Cc1cc(NC(=O)[C@H](Cc2c[nH]c3ccccc23)NS(=O)(=O)c2ccc(F)cc2)no1. The summed E-state index contributed by atoms with van der Waals surface area (Å²) in [5.74, 6) is -0.500.